The summed E-state index contributed by atoms with van der Waals surface area (Å²) in [5.74, 6) is 0.331. The lowest BCUT2D eigenvalue weighted by Crippen LogP contribution is -2.47. The molecule has 10 heteroatoms. The van der Waals surface area contributed by atoms with E-state index in [2.05, 4.69) is 10.6 Å². The third kappa shape index (κ3) is 7.51. The van der Waals surface area contributed by atoms with Gasteiger partial charge in [0, 0.05) is 6.54 Å². The van der Waals surface area contributed by atoms with Gasteiger partial charge in [0.1, 0.15) is 6.04 Å². The molecule has 3 rings (SSSR count). The zero-order chi connectivity index (χ0) is 28.6. The second kappa shape index (κ2) is 13.1. The van der Waals surface area contributed by atoms with Crippen molar-refractivity contribution in [3.8, 4) is 11.5 Å². The molecule has 0 saturated carbocycles. The van der Waals surface area contributed by atoms with Gasteiger partial charge >= 0.3 is 0 Å². The lowest BCUT2D eigenvalue weighted by atomic mass is 10.1. The highest BCUT2D eigenvalue weighted by atomic mass is 32.2. The Morgan fingerprint density at radius 1 is 0.949 bits per heavy atom. The first-order valence-corrected chi connectivity index (χ1v) is 14.4. The van der Waals surface area contributed by atoms with Crippen molar-refractivity contribution in [1.82, 2.24) is 5.32 Å². The number of nitrogens with one attached hydrogen (secondary N) is 2. The molecule has 0 heterocycles. The van der Waals surface area contributed by atoms with Gasteiger partial charge in [0.05, 0.1) is 37.4 Å². The largest absolute Gasteiger partial charge is 0.493 e. The fraction of sp³-hybridized carbons (Fsp3) is 0.310. The van der Waals surface area contributed by atoms with Crippen LogP contribution in [0.25, 0.3) is 0 Å². The molecule has 0 aliphatic heterocycles. The van der Waals surface area contributed by atoms with Crippen LogP contribution in [0.4, 0.5) is 11.4 Å². The summed E-state index contributed by atoms with van der Waals surface area (Å²) in [5.41, 5.74) is 2.88. The van der Waals surface area contributed by atoms with Gasteiger partial charge < -0.3 is 20.1 Å². The molecule has 2 amide bonds. The minimum absolute atomic E-state index is 0.229. The number of benzene rings is 3. The van der Waals surface area contributed by atoms with Gasteiger partial charge in [-0.25, -0.2) is 8.42 Å². The number of anilines is 2. The number of hydrogen-bond donors (Lipinski definition) is 2. The van der Waals surface area contributed by atoms with Gasteiger partial charge in [-0.15, -0.1) is 0 Å². The molecule has 208 valence electrons. The van der Waals surface area contributed by atoms with Gasteiger partial charge in [-0.1, -0.05) is 42.8 Å². The Bertz CT molecular complexity index is 1410. The van der Waals surface area contributed by atoms with Crippen molar-refractivity contribution in [2.45, 2.75) is 32.7 Å². The van der Waals surface area contributed by atoms with Gasteiger partial charge in [-0.2, -0.15) is 0 Å². The van der Waals surface area contributed by atoms with Gasteiger partial charge in [0.25, 0.3) is 5.91 Å². The number of methoxy groups -OCH3 is 2. The van der Waals surface area contributed by atoms with E-state index in [4.69, 9.17) is 9.47 Å². The third-order valence-corrected chi connectivity index (χ3v) is 7.37. The highest BCUT2D eigenvalue weighted by Gasteiger charge is 2.32. The maximum Gasteiger partial charge on any atom is 0.253 e. The predicted molar refractivity (Wildman–Crippen MR) is 153 cm³/mol. The van der Waals surface area contributed by atoms with E-state index >= 15 is 0 Å². The molecular weight excluding hydrogens is 518 g/mol. The number of ether oxygens (including phenoxy) is 2. The molecule has 1 atom stereocenters. The van der Waals surface area contributed by atoms with E-state index < -0.39 is 22.0 Å². The first-order chi connectivity index (χ1) is 18.6. The van der Waals surface area contributed by atoms with Crippen molar-refractivity contribution < 1.29 is 27.5 Å². The quantitative estimate of drug-likeness (QED) is 0.348. The van der Waals surface area contributed by atoms with E-state index in [1.54, 1.807) is 75.7 Å². The Hall–Kier alpha value is -4.05. The molecule has 2 N–H and O–H groups in total. The Balaban J connectivity index is 1.74. The number of para-hydroxylation sites is 1. The maximum absolute atomic E-state index is 13.4. The standard InChI is InChI=1S/C29H35N3O6S/c1-6-25(32(39(5,35)36)22-14-11-20(2)12-15-22)29(34)31-24-10-8-7-9-23(24)28(33)30-18-17-21-13-16-26(37-3)27(19-21)38-4/h7-16,19,25H,6,17-18H2,1-5H3,(H,30,33)(H,31,34)/t25-/m1/s1. The smallest absolute Gasteiger partial charge is 0.253 e. The van der Waals surface area contributed by atoms with Crippen molar-refractivity contribution in [2.24, 2.45) is 0 Å². The van der Waals surface area contributed by atoms with Crippen molar-refractivity contribution in [2.75, 3.05) is 36.6 Å². The molecular formula is C29H35N3O6S. The molecule has 0 radical (unpaired) electrons. The summed E-state index contributed by atoms with van der Waals surface area (Å²) in [6.07, 6.45) is 1.85. The number of carbonyl (C=O) groups is 2. The van der Waals surface area contributed by atoms with E-state index in [1.807, 2.05) is 19.1 Å². The molecule has 0 saturated heterocycles. The third-order valence-electron chi connectivity index (χ3n) is 6.19. The van der Waals surface area contributed by atoms with E-state index in [0.29, 0.717) is 35.8 Å². The van der Waals surface area contributed by atoms with Crippen molar-refractivity contribution >= 4 is 33.2 Å². The molecule has 0 fully saturated rings. The molecule has 0 aromatic heterocycles. The summed E-state index contributed by atoms with van der Waals surface area (Å²) in [7, 11) is -0.647. The number of sulfonamides is 1. The van der Waals surface area contributed by atoms with Crippen LogP contribution in [0.1, 0.15) is 34.8 Å². The molecule has 0 bridgehead atoms. The van der Waals surface area contributed by atoms with Crippen LogP contribution in [-0.2, 0) is 21.2 Å². The van der Waals surface area contributed by atoms with Crippen LogP contribution in [-0.4, -0.2) is 53.3 Å². The number of aryl methyl sites for hydroxylation is 1. The lowest BCUT2D eigenvalue weighted by Gasteiger charge is -2.30. The van der Waals surface area contributed by atoms with Crippen LogP contribution in [0, 0.1) is 6.92 Å². The second-order valence-corrected chi connectivity index (χ2v) is 10.9. The Labute approximate surface area is 230 Å². The summed E-state index contributed by atoms with van der Waals surface area (Å²) in [5, 5.41) is 5.66. The minimum Gasteiger partial charge on any atom is -0.493 e. The van der Waals surface area contributed by atoms with Gasteiger partial charge in [-0.05, 0) is 61.7 Å². The molecule has 9 nitrogen and oxygen atoms in total. The molecule has 0 aliphatic rings. The number of carbonyl (C=O) groups excluding carboxylic acids is 2. The van der Waals surface area contributed by atoms with Crippen LogP contribution in [0.15, 0.2) is 66.7 Å². The van der Waals surface area contributed by atoms with Crippen molar-refractivity contribution in [3.05, 3.63) is 83.4 Å². The average Bonchev–Trinajstić information content (AvgIpc) is 2.91. The van der Waals surface area contributed by atoms with Crippen LogP contribution in [0.2, 0.25) is 0 Å². The zero-order valence-electron chi connectivity index (χ0n) is 22.9. The molecule has 3 aromatic carbocycles. The van der Waals surface area contributed by atoms with Gasteiger partial charge in [0.15, 0.2) is 11.5 Å². The second-order valence-electron chi connectivity index (χ2n) is 9.05. The number of rotatable bonds is 12. The minimum atomic E-state index is -3.78. The maximum atomic E-state index is 13.4. The molecule has 39 heavy (non-hydrogen) atoms. The zero-order valence-corrected chi connectivity index (χ0v) is 23.7. The van der Waals surface area contributed by atoms with E-state index in [1.165, 1.54) is 0 Å². The number of nitrogens with zero attached hydrogens (tertiary/aromatic N) is 1. The molecule has 0 aliphatic carbocycles. The Morgan fingerprint density at radius 3 is 2.23 bits per heavy atom. The molecule has 0 unspecified atom stereocenters. The fourth-order valence-electron chi connectivity index (χ4n) is 4.21. The summed E-state index contributed by atoms with van der Waals surface area (Å²) in [6.45, 7) is 3.99. The van der Waals surface area contributed by atoms with E-state index in [0.717, 1.165) is 21.7 Å². The van der Waals surface area contributed by atoms with Crippen LogP contribution in [0.3, 0.4) is 0 Å². The monoisotopic (exact) mass is 553 g/mol. The SMILES string of the molecule is CC[C@H](C(=O)Nc1ccccc1C(=O)NCCc1ccc(OC)c(OC)c1)N(c1ccc(C)cc1)S(C)(=O)=O. The Morgan fingerprint density at radius 2 is 1.62 bits per heavy atom. The van der Waals surface area contributed by atoms with Crippen LogP contribution in [0.5, 0.6) is 11.5 Å². The highest BCUT2D eigenvalue weighted by Crippen LogP contribution is 2.28. The summed E-state index contributed by atoms with van der Waals surface area (Å²) < 4.78 is 37.2. The summed E-state index contributed by atoms with van der Waals surface area (Å²) in [6, 6.07) is 18.1. The van der Waals surface area contributed by atoms with Gasteiger partial charge in [-0.3, -0.25) is 13.9 Å². The van der Waals surface area contributed by atoms with Crippen LogP contribution < -0.4 is 24.4 Å². The summed E-state index contributed by atoms with van der Waals surface area (Å²) >= 11 is 0. The normalized spacial score (nSPS) is 11.8. The van der Waals surface area contributed by atoms with Crippen molar-refractivity contribution in [1.29, 1.82) is 0 Å². The topological polar surface area (TPSA) is 114 Å². The first-order valence-electron chi connectivity index (χ1n) is 12.5. The van der Waals surface area contributed by atoms with E-state index in [-0.39, 0.29) is 17.9 Å². The lowest BCUT2D eigenvalue weighted by molar-refractivity contribution is -0.117. The highest BCUT2D eigenvalue weighted by molar-refractivity contribution is 7.92. The molecule has 3 aromatic rings. The van der Waals surface area contributed by atoms with Crippen LogP contribution >= 0.6 is 0 Å². The predicted octanol–water partition coefficient (Wildman–Crippen LogP) is 4.17. The fourth-order valence-corrected chi connectivity index (χ4v) is 5.42. The van der Waals surface area contributed by atoms with Gasteiger partial charge in [0.2, 0.25) is 15.9 Å². The van der Waals surface area contributed by atoms with E-state index in [9.17, 15) is 18.0 Å². The summed E-state index contributed by atoms with van der Waals surface area (Å²) in [4.78, 5) is 26.4. The first kappa shape index (κ1) is 29.5. The average molecular weight is 554 g/mol. The number of hydrogen-bond acceptors (Lipinski definition) is 6. The Kier molecular flexibility index (Phi) is 9.95. The van der Waals surface area contributed by atoms with Crippen molar-refractivity contribution in [3.63, 3.8) is 0 Å². The number of amides is 2. The molecule has 0 spiro atoms.